The Labute approximate surface area is 162 Å². The van der Waals surface area contributed by atoms with E-state index in [2.05, 4.69) is 9.50 Å². The molecule has 0 aliphatic carbocycles. The number of rotatable bonds is 2. The zero-order valence-corrected chi connectivity index (χ0v) is 16.1. The predicted molar refractivity (Wildman–Crippen MR) is 102 cm³/mol. The van der Waals surface area contributed by atoms with Gasteiger partial charge < -0.3 is 9.64 Å². The molecule has 0 amide bonds. The van der Waals surface area contributed by atoms with Crippen molar-refractivity contribution in [2.45, 2.75) is 43.4 Å². The van der Waals surface area contributed by atoms with Crippen LogP contribution in [0.3, 0.4) is 0 Å². The minimum absolute atomic E-state index is 0.0248. The molecule has 1 unspecified atom stereocenters. The topological polar surface area (TPSA) is 93.9 Å². The number of benzene rings is 1. The van der Waals surface area contributed by atoms with Crippen LogP contribution in [0.2, 0.25) is 0 Å². The molecule has 28 heavy (non-hydrogen) atoms. The highest BCUT2D eigenvalue weighted by atomic mass is 32.2. The lowest BCUT2D eigenvalue weighted by molar-refractivity contribution is 0.107. The van der Waals surface area contributed by atoms with E-state index in [1.54, 1.807) is 24.3 Å². The van der Waals surface area contributed by atoms with Crippen molar-refractivity contribution < 1.29 is 13.2 Å². The van der Waals surface area contributed by atoms with Gasteiger partial charge in [0.25, 0.3) is 15.6 Å². The first kappa shape index (κ1) is 17.6. The second kappa shape index (κ2) is 6.52. The Kier molecular flexibility index (Phi) is 4.09. The van der Waals surface area contributed by atoms with Crippen molar-refractivity contribution in [1.82, 2.24) is 14.7 Å². The van der Waals surface area contributed by atoms with Gasteiger partial charge in [0.05, 0.1) is 31.5 Å². The fourth-order valence-electron chi connectivity index (χ4n) is 4.18. The van der Waals surface area contributed by atoms with Gasteiger partial charge in [-0.1, -0.05) is 12.1 Å². The lowest BCUT2D eigenvalue weighted by atomic mass is 10.1. The molecule has 1 atom stereocenters. The third-order valence-electron chi connectivity index (χ3n) is 5.55. The maximum atomic E-state index is 12.5. The Morgan fingerprint density at radius 2 is 2.11 bits per heavy atom. The lowest BCUT2D eigenvalue weighted by Gasteiger charge is -2.27. The van der Waals surface area contributed by atoms with Gasteiger partial charge in [-0.05, 0) is 25.0 Å². The van der Waals surface area contributed by atoms with E-state index in [9.17, 15) is 13.2 Å². The van der Waals surface area contributed by atoms with Crippen LogP contribution < -0.4 is 5.56 Å². The zero-order valence-electron chi connectivity index (χ0n) is 15.2. The number of aromatic nitrogens is 2. The molecule has 1 aromatic heterocycles. The van der Waals surface area contributed by atoms with Crippen molar-refractivity contribution in [2.24, 2.45) is 4.40 Å². The largest absolute Gasteiger partial charge is 0.376 e. The molecule has 3 aliphatic heterocycles. The van der Waals surface area contributed by atoms with Crippen LogP contribution in [0.1, 0.15) is 29.7 Å². The molecule has 3 aliphatic rings. The monoisotopic (exact) mass is 400 g/mol. The standard InChI is InChI=1S/C19H20N4O4S/c24-18-10-13-12-27-9-7-16(13)20-23(18)11-14-4-3-8-22(14)19-15-5-1-2-6-17(15)28(25,26)21-19/h1-2,5-6,10,14H,3-4,7-9,11-12H2. The average molecular weight is 400 g/mol. The normalized spacial score (nSPS) is 22.6. The molecule has 0 N–H and O–H groups in total. The molecule has 0 saturated carbocycles. The summed E-state index contributed by atoms with van der Waals surface area (Å²) in [5, 5.41) is 4.55. The first-order valence-corrected chi connectivity index (χ1v) is 10.9. The Hall–Kier alpha value is -2.52. The molecule has 9 heteroatoms. The van der Waals surface area contributed by atoms with E-state index < -0.39 is 10.0 Å². The molecule has 8 nitrogen and oxygen atoms in total. The molecule has 1 saturated heterocycles. The summed E-state index contributed by atoms with van der Waals surface area (Å²) in [4.78, 5) is 14.8. The lowest BCUT2D eigenvalue weighted by Crippen LogP contribution is -2.41. The number of likely N-dealkylation sites (tertiary alicyclic amines) is 1. The van der Waals surface area contributed by atoms with Gasteiger partial charge in [-0.15, -0.1) is 4.40 Å². The molecule has 4 heterocycles. The molecule has 2 aromatic rings. The Morgan fingerprint density at radius 3 is 3.00 bits per heavy atom. The maximum absolute atomic E-state index is 12.5. The van der Waals surface area contributed by atoms with Crippen molar-refractivity contribution in [3.8, 4) is 0 Å². The van der Waals surface area contributed by atoms with Crippen molar-refractivity contribution >= 4 is 15.9 Å². The smallest absolute Gasteiger partial charge is 0.285 e. The van der Waals surface area contributed by atoms with E-state index in [0.717, 1.165) is 24.1 Å². The molecular formula is C19H20N4O4S. The SMILES string of the molecule is O=c1cc2c(nn1CC1CCCN1C1=NS(=O)(=O)c3ccccc31)CCOC2. The van der Waals surface area contributed by atoms with Crippen molar-refractivity contribution in [3.05, 3.63) is 57.5 Å². The number of fused-ring (bicyclic) bond motifs is 2. The Balaban J connectivity index is 1.47. The van der Waals surface area contributed by atoms with Gasteiger partial charge in [0, 0.05) is 30.2 Å². The van der Waals surface area contributed by atoms with Gasteiger partial charge in [0.2, 0.25) is 0 Å². The summed E-state index contributed by atoms with van der Waals surface area (Å²) in [6.07, 6.45) is 2.47. The second-order valence-electron chi connectivity index (χ2n) is 7.31. The summed E-state index contributed by atoms with van der Waals surface area (Å²) >= 11 is 0. The quantitative estimate of drug-likeness (QED) is 0.744. The first-order chi connectivity index (χ1) is 13.5. The van der Waals surface area contributed by atoms with E-state index in [1.165, 1.54) is 4.68 Å². The van der Waals surface area contributed by atoms with Gasteiger partial charge in [-0.3, -0.25) is 4.79 Å². The highest BCUT2D eigenvalue weighted by Crippen LogP contribution is 2.31. The third-order valence-corrected chi connectivity index (χ3v) is 6.88. The number of sulfonamides is 1. The van der Waals surface area contributed by atoms with Crippen molar-refractivity contribution in [3.63, 3.8) is 0 Å². The summed E-state index contributed by atoms with van der Waals surface area (Å²) in [5.74, 6) is 0.484. The molecule has 0 bridgehead atoms. The highest BCUT2D eigenvalue weighted by molar-refractivity contribution is 7.90. The van der Waals surface area contributed by atoms with E-state index >= 15 is 0 Å². The van der Waals surface area contributed by atoms with E-state index in [0.29, 0.717) is 44.1 Å². The highest BCUT2D eigenvalue weighted by Gasteiger charge is 2.36. The van der Waals surface area contributed by atoms with E-state index in [4.69, 9.17) is 4.74 Å². The fourth-order valence-corrected chi connectivity index (χ4v) is 5.40. The second-order valence-corrected chi connectivity index (χ2v) is 8.89. The van der Waals surface area contributed by atoms with Crippen LogP contribution in [0.15, 0.2) is 44.4 Å². The van der Waals surface area contributed by atoms with Crippen LogP contribution in [-0.2, 0) is 34.3 Å². The van der Waals surface area contributed by atoms with E-state index in [1.807, 2.05) is 11.0 Å². The fraction of sp³-hybridized carbons (Fsp3) is 0.421. The molecule has 5 rings (SSSR count). The van der Waals surface area contributed by atoms with Gasteiger partial charge in [0.15, 0.2) is 5.84 Å². The van der Waals surface area contributed by atoms with Crippen LogP contribution in [0, 0.1) is 0 Å². The first-order valence-electron chi connectivity index (χ1n) is 9.41. The molecule has 1 fully saturated rings. The zero-order chi connectivity index (χ0) is 19.3. The van der Waals surface area contributed by atoms with Gasteiger partial charge in [0.1, 0.15) is 4.90 Å². The Bertz CT molecular complexity index is 1140. The number of amidine groups is 1. The van der Waals surface area contributed by atoms with Gasteiger partial charge >= 0.3 is 0 Å². The number of hydrogen-bond donors (Lipinski definition) is 0. The molecular weight excluding hydrogens is 380 g/mol. The van der Waals surface area contributed by atoms with Crippen molar-refractivity contribution in [1.29, 1.82) is 0 Å². The summed E-state index contributed by atoms with van der Waals surface area (Å²) in [5.41, 5.74) is 2.24. The number of nitrogens with zero attached hydrogens (tertiary/aromatic N) is 4. The van der Waals surface area contributed by atoms with Crippen LogP contribution in [-0.4, -0.2) is 48.1 Å². The minimum atomic E-state index is -3.66. The molecule has 146 valence electrons. The van der Waals surface area contributed by atoms with Crippen LogP contribution >= 0.6 is 0 Å². The Morgan fingerprint density at radius 1 is 1.25 bits per heavy atom. The van der Waals surface area contributed by atoms with Crippen molar-refractivity contribution in [2.75, 3.05) is 13.2 Å². The van der Waals surface area contributed by atoms with Gasteiger partial charge in [-0.2, -0.15) is 13.5 Å². The summed E-state index contributed by atoms with van der Waals surface area (Å²) < 4.78 is 35.8. The average Bonchev–Trinajstić information content (AvgIpc) is 3.24. The van der Waals surface area contributed by atoms with Crippen LogP contribution in [0.4, 0.5) is 0 Å². The van der Waals surface area contributed by atoms with Crippen LogP contribution in [0.5, 0.6) is 0 Å². The third kappa shape index (κ3) is 2.85. The summed E-state index contributed by atoms with van der Waals surface area (Å²) in [6, 6.07) is 8.48. The minimum Gasteiger partial charge on any atom is -0.376 e. The number of hydrogen-bond acceptors (Lipinski definition) is 6. The van der Waals surface area contributed by atoms with Gasteiger partial charge in [-0.25, -0.2) is 4.68 Å². The number of ether oxygens (including phenoxy) is 1. The molecule has 1 aromatic carbocycles. The summed E-state index contributed by atoms with van der Waals surface area (Å²) in [7, 11) is -3.66. The van der Waals surface area contributed by atoms with E-state index in [-0.39, 0.29) is 16.5 Å². The molecule has 0 radical (unpaired) electrons. The maximum Gasteiger partial charge on any atom is 0.285 e. The summed E-state index contributed by atoms with van der Waals surface area (Å²) in [6.45, 7) is 2.16. The molecule has 0 spiro atoms. The predicted octanol–water partition coefficient (Wildman–Crippen LogP) is 0.929. The van der Waals surface area contributed by atoms with Crippen LogP contribution in [0.25, 0.3) is 0 Å².